The molecule has 0 spiro atoms. The van der Waals surface area contributed by atoms with Crippen molar-refractivity contribution in [3.63, 3.8) is 0 Å². The van der Waals surface area contributed by atoms with Crippen molar-refractivity contribution < 1.29 is 26.9 Å². The maximum Gasteiger partial charge on any atom is 0.514 e. The van der Waals surface area contributed by atoms with Gasteiger partial charge in [0.1, 0.15) is 17.6 Å². The summed E-state index contributed by atoms with van der Waals surface area (Å²) in [5, 5.41) is 0. The Morgan fingerprint density at radius 2 is 2.10 bits per heavy atom. The number of hydrogen-bond donors (Lipinski definition) is 0. The van der Waals surface area contributed by atoms with E-state index in [-0.39, 0.29) is 12.4 Å². The summed E-state index contributed by atoms with van der Waals surface area (Å²) in [4.78, 5) is 11.6. The summed E-state index contributed by atoms with van der Waals surface area (Å²) >= 11 is 0. The summed E-state index contributed by atoms with van der Waals surface area (Å²) in [5.41, 5.74) is 1.86. The van der Waals surface area contributed by atoms with Gasteiger partial charge in [-0.25, -0.2) is 4.79 Å². The molecule has 1 saturated heterocycles. The van der Waals surface area contributed by atoms with Crippen LogP contribution in [-0.2, 0) is 19.0 Å². The molecule has 1 aromatic rings. The third-order valence-electron chi connectivity index (χ3n) is 2.88. The molecule has 20 heavy (non-hydrogen) atoms. The zero-order chi connectivity index (χ0) is 14.8. The van der Waals surface area contributed by atoms with E-state index in [1.54, 1.807) is 6.07 Å². The quantitative estimate of drug-likeness (QED) is 0.472. The average Bonchev–Trinajstić information content (AvgIpc) is 2.31. The number of rotatable bonds is 2. The van der Waals surface area contributed by atoms with Gasteiger partial charge in [-0.15, -0.1) is 0 Å². The minimum absolute atomic E-state index is 0.0177. The lowest BCUT2D eigenvalue weighted by molar-refractivity contribution is 0.0507. The molecule has 2 rings (SSSR count). The van der Waals surface area contributed by atoms with Crippen molar-refractivity contribution in [2.24, 2.45) is 0 Å². The summed E-state index contributed by atoms with van der Waals surface area (Å²) < 4.78 is 37.1. The Hall–Kier alpha value is -1.60. The topological polar surface area (TPSA) is 78.9 Å². The lowest BCUT2D eigenvalue weighted by atomic mass is 10.1. The van der Waals surface area contributed by atoms with Gasteiger partial charge in [0.2, 0.25) is 0 Å². The van der Waals surface area contributed by atoms with Crippen LogP contribution in [-0.4, -0.2) is 33.0 Å². The van der Waals surface area contributed by atoms with E-state index >= 15 is 0 Å². The van der Waals surface area contributed by atoms with Gasteiger partial charge < -0.3 is 9.47 Å². The standard InChI is InChI=1S/C13H16O6S/c1-9-3-4-12(10(2)7-9)19-13(14)18-11-5-6-17-20(15,16)8-11/h3-4,7,11H,5-6,8H2,1-2H3. The van der Waals surface area contributed by atoms with E-state index in [9.17, 15) is 13.2 Å². The van der Waals surface area contributed by atoms with Gasteiger partial charge in [0, 0.05) is 6.42 Å². The molecule has 0 bridgehead atoms. The Morgan fingerprint density at radius 1 is 1.35 bits per heavy atom. The number of benzene rings is 1. The Morgan fingerprint density at radius 3 is 2.75 bits per heavy atom. The molecular formula is C13H16O6S. The van der Waals surface area contributed by atoms with Crippen LogP contribution in [0.25, 0.3) is 0 Å². The van der Waals surface area contributed by atoms with Crippen LogP contribution in [0, 0.1) is 13.8 Å². The first-order chi connectivity index (χ1) is 9.35. The van der Waals surface area contributed by atoms with Crippen molar-refractivity contribution in [3.8, 4) is 5.75 Å². The maximum atomic E-state index is 11.6. The van der Waals surface area contributed by atoms with Crippen LogP contribution < -0.4 is 4.74 Å². The van der Waals surface area contributed by atoms with Crippen LogP contribution >= 0.6 is 0 Å². The first-order valence-corrected chi connectivity index (χ1v) is 7.76. The molecule has 1 atom stereocenters. The lowest BCUT2D eigenvalue weighted by Crippen LogP contribution is -2.34. The molecule has 0 aromatic heterocycles. The maximum absolute atomic E-state index is 11.6. The Labute approximate surface area is 117 Å². The molecule has 7 heteroatoms. The highest BCUT2D eigenvalue weighted by Crippen LogP contribution is 2.20. The summed E-state index contributed by atoms with van der Waals surface area (Å²) in [7, 11) is -3.60. The monoisotopic (exact) mass is 300 g/mol. The van der Waals surface area contributed by atoms with Crippen LogP contribution in [0.15, 0.2) is 18.2 Å². The zero-order valence-corrected chi connectivity index (χ0v) is 12.1. The molecule has 1 aromatic carbocycles. The number of aryl methyl sites for hydroxylation is 2. The van der Waals surface area contributed by atoms with Crippen molar-refractivity contribution in [2.45, 2.75) is 26.4 Å². The molecule has 0 aliphatic carbocycles. The largest absolute Gasteiger partial charge is 0.514 e. The fraction of sp³-hybridized carbons (Fsp3) is 0.462. The van der Waals surface area contributed by atoms with E-state index in [0.717, 1.165) is 11.1 Å². The normalized spacial score (nSPS) is 21.2. The van der Waals surface area contributed by atoms with Crippen molar-refractivity contribution >= 4 is 16.3 Å². The molecule has 1 aliphatic heterocycles. The van der Waals surface area contributed by atoms with Crippen molar-refractivity contribution in [1.29, 1.82) is 0 Å². The molecule has 1 heterocycles. The molecule has 1 aliphatic rings. The second-order valence-electron chi connectivity index (χ2n) is 4.70. The van der Waals surface area contributed by atoms with Crippen LogP contribution in [0.5, 0.6) is 5.75 Å². The zero-order valence-electron chi connectivity index (χ0n) is 11.3. The van der Waals surface area contributed by atoms with Crippen molar-refractivity contribution in [1.82, 2.24) is 0 Å². The van der Waals surface area contributed by atoms with Gasteiger partial charge in [0.25, 0.3) is 10.1 Å². The van der Waals surface area contributed by atoms with Gasteiger partial charge in [0.05, 0.1) is 6.61 Å². The highest BCUT2D eigenvalue weighted by atomic mass is 32.2. The fourth-order valence-electron chi connectivity index (χ4n) is 1.92. The summed E-state index contributed by atoms with van der Waals surface area (Å²) in [6.45, 7) is 3.76. The molecule has 0 N–H and O–H groups in total. The first kappa shape index (κ1) is 14.8. The molecule has 110 valence electrons. The van der Waals surface area contributed by atoms with Gasteiger partial charge in [-0.05, 0) is 25.5 Å². The average molecular weight is 300 g/mol. The molecule has 1 unspecified atom stereocenters. The molecule has 0 radical (unpaired) electrons. The molecule has 0 saturated carbocycles. The minimum atomic E-state index is -3.60. The molecule has 6 nitrogen and oxygen atoms in total. The SMILES string of the molecule is Cc1ccc(OC(=O)OC2CCOS(=O)(=O)C2)c(C)c1. The predicted molar refractivity (Wildman–Crippen MR) is 71.2 cm³/mol. The predicted octanol–water partition coefficient (Wildman–Crippen LogP) is 1.94. The van der Waals surface area contributed by atoms with E-state index in [1.807, 2.05) is 26.0 Å². The Bertz CT molecular complexity index is 607. The minimum Gasteiger partial charge on any atom is -0.429 e. The summed E-state index contributed by atoms with van der Waals surface area (Å²) in [6.07, 6.45) is -1.30. The molecular weight excluding hydrogens is 284 g/mol. The third kappa shape index (κ3) is 3.94. The van der Waals surface area contributed by atoms with Crippen LogP contribution in [0.2, 0.25) is 0 Å². The second-order valence-corrected chi connectivity index (χ2v) is 6.38. The molecule has 1 fully saturated rings. The van der Waals surface area contributed by atoms with Gasteiger partial charge >= 0.3 is 6.16 Å². The highest BCUT2D eigenvalue weighted by Gasteiger charge is 2.29. The number of carbonyl (C=O) groups is 1. The highest BCUT2D eigenvalue weighted by molar-refractivity contribution is 7.86. The summed E-state index contributed by atoms with van der Waals surface area (Å²) in [5.74, 6) is 0.0603. The number of ether oxygens (including phenoxy) is 2. The molecule has 0 amide bonds. The Balaban J connectivity index is 1.95. The van der Waals surface area contributed by atoms with Crippen LogP contribution in [0.3, 0.4) is 0 Å². The van der Waals surface area contributed by atoms with Crippen LogP contribution in [0.1, 0.15) is 17.5 Å². The van der Waals surface area contributed by atoms with E-state index in [4.69, 9.17) is 9.47 Å². The van der Waals surface area contributed by atoms with Gasteiger partial charge in [-0.3, -0.25) is 4.18 Å². The Kier molecular flexibility index (Phi) is 4.29. The van der Waals surface area contributed by atoms with E-state index < -0.39 is 22.4 Å². The van der Waals surface area contributed by atoms with Crippen molar-refractivity contribution in [2.75, 3.05) is 12.4 Å². The van der Waals surface area contributed by atoms with Crippen molar-refractivity contribution in [3.05, 3.63) is 29.3 Å². The number of hydrogen-bond acceptors (Lipinski definition) is 6. The summed E-state index contributed by atoms with van der Waals surface area (Å²) in [6, 6.07) is 5.36. The lowest BCUT2D eigenvalue weighted by Gasteiger charge is -2.21. The van der Waals surface area contributed by atoms with Gasteiger partial charge in [-0.2, -0.15) is 8.42 Å². The smallest absolute Gasteiger partial charge is 0.429 e. The fourth-order valence-corrected chi connectivity index (χ4v) is 3.06. The van der Waals surface area contributed by atoms with E-state index in [2.05, 4.69) is 4.18 Å². The van der Waals surface area contributed by atoms with Gasteiger partial charge in [0.15, 0.2) is 0 Å². The second kappa shape index (κ2) is 5.80. The number of carbonyl (C=O) groups excluding carboxylic acids is 1. The first-order valence-electron chi connectivity index (χ1n) is 6.18. The van der Waals surface area contributed by atoms with Crippen LogP contribution in [0.4, 0.5) is 4.79 Å². The van der Waals surface area contributed by atoms with E-state index in [1.165, 1.54) is 0 Å². The third-order valence-corrected chi connectivity index (χ3v) is 4.19. The van der Waals surface area contributed by atoms with Gasteiger partial charge in [-0.1, -0.05) is 17.7 Å². The van der Waals surface area contributed by atoms with E-state index in [0.29, 0.717) is 12.2 Å².